The number of aromatic nitrogens is 3. The molecule has 0 atom stereocenters. The zero-order valence-electron chi connectivity index (χ0n) is 15.5. The molecule has 3 aromatic heterocycles. The summed E-state index contributed by atoms with van der Waals surface area (Å²) in [7, 11) is 0. The minimum atomic E-state index is -0.197. The molecule has 4 rings (SSSR count). The van der Waals surface area contributed by atoms with Gasteiger partial charge in [0.2, 0.25) is 0 Å². The number of nitrogens with one attached hydrogen (secondary N) is 1. The summed E-state index contributed by atoms with van der Waals surface area (Å²) in [5.41, 5.74) is 4.13. The van der Waals surface area contributed by atoms with Gasteiger partial charge in [-0.2, -0.15) is 0 Å². The predicted molar refractivity (Wildman–Crippen MR) is 106 cm³/mol. The van der Waals surface area contributed by atoms with Gasteiger partial charge in [0, 0.05) is 25.1 Å². The standard InChI is InChI=1S/C22H20N4O2/c1-16-9-11-26-14-20(25-21(26)12-16)22(27)24-13-17-5-7-19(8-6-17)28-15-18-4-2-3-10-23-18/h2-12,14H,13,15H2,1H3,(H,24,27). The van der Waals surface area contributed by atoms with E-state index < -0.39 is 0 Å². The van der Waals surface area contributed by atoms with Crippen LogP contribution in [0.2, 0.25) is 0 Å². The Morgan fingerprint density at radius 1 is 1.14 bits per heavy atom. The topological polar surface area (TPSA) is 68.5 Å². The fourth-order valence-electron chi connectivity index (χ4n) is 2.81. The Morgan fingerprint density at radius 2 is 2.00 bits per heavy atom. The zero-order valence-corrected chi connectivity index (χ0v) is 15.5. The van der Waals surface area contributed by atoms with Crippen molar-refractivity contribution in [1.82, 2.24) is 19.7 Å². The van der Waals surface area contributed by atoms with Crippen LogP contribution >= 0.6 is 0 Å². The van der Waals surface area contributed by atoms with E-state index in [9.17, 15) is 4.79 Å². The predicted octanol–water partition coefficient (Wildman–Crippen LogP) is 3.55. The number of imidazole rings is 1. The summed E-state index contributed by atoms with van der Waals surface area (Å²) in [6.45, 7) is 2.84. The van der Waals surface area contributed by atoms with Gasteiger partial charge < -0.3 is 14.5 Å². The lowest BCUT2D eigenvalue weighted by atomic mass is 10.2. The minimum absolute atomic E-state index is 0.197. The molecular weight excluding hydrogens is 352 g/mol. The molecule has 6 heteroatoms. The zero-order chi connectivity index (χ0) is 19.3. The Hall–Kier alpha value is -3.67. The van der Waals surface area contributed by atoms with Crippen molar-refractivity contribution in [3.63, 3.8) is 0 Å². The summed E-state index contributed by atoms with van der Waals surface area (Å²) in [5.74, 6) is 0.563. The molecule has 3 heterocycles. The number of nitrogens with zero attached hydrogens (tertiary/aromatic N) is 3. The monoisotopic (exact) mass is 372 g/mol. The Kier molecular flexibility index (Phi) is 5.01. The first-order valence-electron chi connectivity index (χ1n) is 9.02. The number of benzene rings is 1. The van der Waals surface area contributed by atoms with Crippen LogP contribution in [-0.2, 0) is 13.2 Å². The average Bonchev–Trinajstić information content (AvgIpc) is 3.15. The van der Waals surface area contributed by atoms with Gasteiger partial charge in [-0.1, -0.05) is 18.2 Å². The third kappa shape index (κ3) is 4.17. The fraction of sp³-hybridized carbons (Fsp3) is 0.136. The van der Waals surface area contributed by atoms with Crippen LogP contribution in [0.15, 0.2) is 73.2 Å². The van der Waals surface area contributed by atoms with E-state index in [2.05, 4.69) is 15.3 Å². The van der Waals surface area contributed by atoms with E-state index >= 15 is 0 Å². The van der Waals surface area contributed by atoms with Gasteiger partial charge in [-0.25, -0.2) is 4.98 Å². The first-order chi connectivity index (χ1) is 13.7. The highest BCUT2D eigenvalue weighted by molar-refractivity contribution is 5.92. The van der Waals surface area contributed by atoms with Gasteiger partial charge in [0.05, 0.1) is 5.69 Å². The second kappa shape index (κ2) is 7.92. The van der Waals surface area contributed by atoms with Gasteiger partial charge in [0.1, 0.15) is 23.7 Å². The minimum Gasteiger partial charge on any atom is -0.487 e. The summed E-state index contributed by atoms with van der Waals surface area (Å²) < 4.78 is 7.57. The molecular formula is C22H20N4O2. The summed E-state index contributed by atoms with van der Waals surface area (Å²) in [6.07, 6.45) is 5.38. The van der Waals surface area contributed by atoms with Crippen molar-refractivity contribution in [1.29, 1.82) is 0 Å². The van der Waals surface area contributed by atoms with Crippen molar-refractivity contribution >= 4 is 11.6 Å². The summed E-state index contributed by atoms with van der Waals surface area (Å²) in [4.78, 5) is 21.0. The maximum atomic E-state index is 12.4. The Labute approximate surface area is 162 Å². The third-order valence-electron chi connectivity index (χ3n) is 4.34. The molecule has 28 heavy (non-hydrogen) atoms. The molecule has 0 aliphatic carbocycles. The average molecular weight is 372 g/mol. The highest BCUT2D eigenvalue weighted by Gasteiger charge is 2.10. The normalized spacial score (nSPS) is 10.8. The van der Waals surface area contributed by atoms with Crippen molar-refractivity contribution in [2.24, 2.45) is 0 Å². The Bertz CT molecular complexity index is 1090. The van der Waals surface area contributed by atoms with Crippen LogP contribution in [-0.4, -0.2) is 20.3 Å². The first kappa shape index (κ1) is 17.7. The molecule has 1 amide bonds. The summed E-state index contributed by atoms with van der Waals surface area (Å²) in [5, 5.41) is 2.90. The Morgan fingerprint density at radius 3 is 2.79 bits per heavy atom. The lowest BCUT2D eigenvalue weighted by Gasteiger charge is -2.07. The second-order valence-corrected chi connectivity index (χ2v) is 6.53. The number of hydrogen-bond acceptors (Lipinski definition) is 4. The molecule has 0 saturated heterocycles. The second-order valence-electron chi connectivity index (χ2n) is 6.53. The van der Waals surface area contributed by atoms with Crippen molar-refractivity contribution in [2.45, 2.75) is 20.1 Å². The molecule has 0 unspecified atom stereocenters. The highest BCUT2D eigenvalue weighted by Crippen LogP contribution is 2.14. The number of rotatable bonds is 6. The fourth-order valence-corrected chi connectivity index (χ4v) is 2.81. The first-order valence-corrected chi connectivity index (χ1v) is 9.02. The van der Waals surface area contributed by atoms with Gasteiger partial charge in [-0.3, -0.25) is 9.78 Å². The smallest absolute Gasteiger partial charge is 0.271 e. The summed E-state index contributed by atoms with van der Waals surface area (Å²) >= 11 is 0. The van der Waals surface area contributed by atoms with E-state index in [1.54, 1.807) is 12.4 Å². The van der Waals surface area contributed by atoms with Crippen molar-refractivity contribution in [2.75, 3.05) is 0 Å². The van der Waals surface area contributed by atoms with Crippen LogP contribution in [0.4, 0.5) is 0 Å². The molecule has 0 fully saturated rings. The molecule has 140 valence electrons. The summed E-state index contributed by atoms with van der Waals surface area (Å²) in [6, 6.07) is 17.3. The van der Waals surface area contributed by atoms with E-state index in [0.717, 1.165) is 28.2 Å². The molecule has 1 N–H and O–H groups in total. The van der Waals surface area contributed by atoms with E-state index in [1.807, 2.05) is 72.1 Å². The lowest BCUT2D eigenvalue weighted by Crippen LogP contribution is -2.23. The molecule has 0 aliphatic rings. The largest absolute Gasteiger partial charge is 0.487 e. The van der Waals surface area contributed by atoms with E-state index in [1.165, 1.54) is 0 Å². The molecule has 0 bridgehead atoms. The number of pyridine rings is 2. The number of carbonyl (C=O) groups excluding carboxylic acids is 1. The SMILES string of the molecule is Cc1ccn2cc(C(=O)NCc3ccc(OCc4ccccn4)cc3)nc2c1. The van der Waals surface area contributed by atoms with Gasteiger partial charge >= 0.3 is 0 Å². The van der Waals surface area contributed by atoms with Crippen LogP contribution in [0.5, 0.6) is 5.75 Å². The van der Waals surface area contributed by atoms with E-state index in [0.29, 0.717) is 18.8 Å². The van der Waals surface area contributed by atoms with Crippen LogP contribution < -0.4 is 10.1 Å². The molecule has 0 radical (unpaired) electrons. The number of amides is 1. The Balaban J connectivity index is 1.33. The quantitative estimate of drug-likeness (QED) is 0.562. The number of hydrogen-bond donors (Lipinski definition) is 1. The van der Waals surface area contributed by atoms with E-state index in [4.69, 9.17) is 4.74 Å². The molecule has 4 aromatic rings. The highest BCUT2D eigenvalue weighted by atomic mass is 16.5. The van der Waals surface area contributed by atoms with Gasteiger partial charge in [0.25, 0.3) is 5.91 Å². The molecule has 0 spiro atoms. The van der Waals surface area contributed by atoms with Gasteiger partial charge in [-0.05, 0) is 54.4 Å². The number of aryl methyl sites for hydroxylation is 1. The number of fused-ring (bicyclic) bond motifs is 1. The van der Waals surface area contributed by atoms with Crippen LogP contribution in [0.3, 0.4) is 0 Å². The molecule has 0 saturated carbocycles. The van der Waals surface area contributed by atoms with Gasteiger partial charge in [-0.15, -0.1) is 0 Å². The van der Waals surface area contributed by atoms with Crippen molar-refractivity contribution in [3.8, 4) is 5.75 Å². The van der Waals surface area contributed by atoms with E-state index in [-0.39, 0.29) is 5.91 Å². The molecule has 6 nitrogen and oxygen atoms in total. The third-order valence-corrected chi connectivity index (χ3v) is 4.34. The number of carbonyl (C=O) groups is 1. The number of ether oxygens (including phenoxy) is 1. The van der Waals surface area contributed by atoms with Crippen LogP contribution in [0.25, 0.3) is 5.65 Å². The lowest BCUT2D eigenvalue weighted by molar-refractivity contribution is 0.0946. The van der Waals surface area contributed by atoms with Gasteiger partial charge in [0.15, 0.2) is 0 Å². The maximum absolute atomic E-state index is 12.4. The van der Waals surface area contributed by atoms with Crippen molar-refractivity contribution < 1.29 is 9.53 Å². The molecule has 0 aliphatic heterocycles. The maximum Gasteiger partial charge on any atom is 0.271 e. The van der Waals surface area contributed by atoms with Crippen LogP contribution in [0, 0.1) is 6.92 Å². The molecule has 1 aromatic carbocycles. The van der Waals surface area contributed by atoms with Crippen LogP contribution in [0.1, 0.15) is 27.3 Å². The van der Waals surface area contributed by atoms with Crippen molar-refractivity contribution in [3.05, 3.63) is 95.7 Å².